The Morgan fingerprint density at radius 1 is 0.429 bits per heavy atom. The molecule has 84 heavy (non-hydrogen) atoms. The number of nitrogens with one attached hydrogen (secondary N) is 8. The van der Waals surface area contributed by atoms with E-state index in [4.69, 9.17) is 30.5 Å². The molecule has 5 atom stereocenters. The van der Waals surface area contributed by atoms with Gasteiger partial charge in [0.2, 0.25) is 53.2 Å². The van der Waals surface area contributed by atoms with Crippen LogP contribution < -0.4 is 48.3 Å². The Kier molecular flexibility index (Phi) is 44.5. The van der Waals surface area contributed by atoms with E-state index in [2.05, 4.69) is 42.5 Å². The number of aliphatic hydroxyl groups is 2. The molecule has 0 bridgehead atoms. The second-order valence-electron chi connectivity index (χ2n) is 20.2. The van der Waals surface area contributed by atoms with Crippen molar-refractivity contribution in [1.29, 1.82) is 0 Å². The summed E-state index contributed by atoms with van der Waals surface area (Å²) in [5, 5.41) is 66.2. The minimum Gasteiger partial charge on any atom is -0.481 e. The third-order valence-corrected chi connectivity index (χ3v) is 12.7. The van der Waals surface area contributed by atoms with Crippen LogP contribution in [0, 0.1) is 0 Å². The van der Waals surface area contributed by atoms with E-state index in [0.29, 0.717) is 25.8 Å². The first-order valence-corrected chi connectivity index (χ1v) is 28.9. The number of Topliss-reactive ketones (excluding diaryl/α,β-unsaturated/α-hetero) is 1. The average molecular weight is 1200 g/mol. The molecule has 0 fully saturated rings. The molecule has 0 unspecified atom stereocenters. The van der Waals surface area contributed by atoms with Crippen LogP contribution in [0.15, 0.2) is 0 Å². The van der Waals surface area contributed by atoms with Gasteiger partial charge in [0.05, 0.1) is 65.3 Å². The van der Waals surface area contributed by atoms with Gasteiger partial charge in [-0.15, -0.1) is 0 Å². The van der Waals surface area contributed by atoms with Crippen molar-refractivity contribution in [1.82, 2.24) is 47.4 Å². The number of unbranched alkanes of at least 4 members (excludes halogenated alkanes) is 13. The molecule has 0 aromatic carbocycles. The van der Waals surface area contributed by atoms with Gasteiger partial charge in [0.25, 0.3) is 0 Å². The lowest BCUT2D eigenvalue weighted by atomic mass is 10.0. The van der Waals surface area contributed by atoms with Gasteiger partial charge in [0.15, 0.2) is 5.78 Å². The van der Waals surface area contributed by atoms with Crippen LogP contribution in [-0.4, -0.2) is 216 Å². The molecule has 0 radical (unpaired) electrons. The maximum Gasteiger partial charge on any atom is 0.317 e. The summed E-state index contributed by atoms with van der Waals surface area (Å²) in [5.41, 5.74) is 5.29. The largest absolute Gasteiger partial charge is 0.481 e. The zero-order valence-corrected chi connectivity index (χ0v) is 48.8. The van der Waals surface area contributed by atoms with Gasteiger partial charge in [-0.3, -0.25) is 67.2 Å². The summed E-state index contributed by atoms with van der Waals surface area (Å²) in [5.74, 6) is -11.3. The fourth-order valence-corrected chi connectivity index (χ4v) is 8.14. The van der Waals surface area contributed by atoms with Crippen LogP contribution in [0.2, 0.25) is 0 Å². The van der Waals surface area contributed by atoms with Crippen LogP contribution in [0.3, 0.4) is 0 Å². The summed E-state index contributed by atoms with van der Waals surface area (Å²) in [7, 11) is 0. The molecular weight excluding hydrogens is 1110 g/mol. The Morgan fingerprint density at radius 3 is 1.40 bits per heavy atom. The second kappa shape index (κ2) is 48.5. The van der Waals surface area contributed by atoms with Crippen molar-refractivity contribution in [3.8, 4) is 0 Å². The van der Waals surface area contributed by atoms with Crippen LogP contribution >= 0.6 is 0 Å². The Hall–Kier alpha value is -6.89. The molecule has 15 N–H and O–H groups in total. The smallest absolute Gasteiger partial charge is 0.317 e. The monoisotopic (exact) mass is 1200 g/mol. The van der Waals surface area contributed by atoms with E-state index in [-0.39, 0.29) is 70.2 Å². The number of nitrogens with zero attached hydrogens (tertiary/aromatic N) is 1. The number of hydrogen-bond acceptors (Lipinski definition) is 18. The SMILES string of the molecule is CCCC[C@H](NC(=O)[C@H](CCCCNC(=O)CN(CC(=O)O)CC(=O)O)NC(=O)[C@H](CO)NC(=O)[C@H](CCC(N)=O)NC(=O)[C@H](CO)NC(=O)CNC(=O)COCCOCCNC(=O)CCCCCCCCCCCCCCC(=O)O)C(C)=O. The molecule has 0 saturated carbocycles. The number of carbonyl (C=O) groups is 13. The normalized spacial score (nSPS) is 12.8. The number of aliphatic carboxylic acids is 3. The molecule has 0 rings (SSSR count). The van der Waals surface area contributed by atoms with E-state index in [1.807, 2.05) is 6.92 Å². The van der Waals surface area contributed by atoms with Crippen molar-refractivity contribution in [3.05, 3.63) is 0 Å². The number of rotatable bonds is 54. The number of amides is 9. The molecule has 0 aromatic rings. The maximum atomic E-state index is 13.6. The Bertz CT molecular complexity index is 2030. The maximum absolute atomic E-state index is 13.6. The van der Waals surface area contributed by atoms with Gasteiger partial charge in [-0.05, 0) is 51.9 Å². The molecule has 0 aliphatic carbocycles. The molecule has 480 valence electrons. The zero-order valence-electron chi connectivity index (χ0n) is 48.8. The molecule has 30 heteroatoms. The standard InChI is InChI=1S/C54H94N10O20/c1-3-4-19-38(37(2)67)60-51(79)39(20-17-18-25-56-46(71)31-64(32-49(75)76)33-50(77)78)61-54(82)42(35-66)63-52(80)40(23-24-43(55)68)62-53(81)41(34-65)59-45(70)30-58-47(72)36-84-29-28-83-27-26-57-44(69)21-15-13-11-9-7-5-6-8-10-12-14-16-22-48(73)74/h38-42,65-66H,3-36H2,1-2H3,(H2,55,68)(H,56,71)(H,57,69)(H,58,72)(H,59,70)(H,60,79)(H,61,82)(H,62,81)(H,63,80)(H,73,74)(H,75,76)(H,77,78)/t38-,39-,40-,41-,42-/m0/s1. The minimum atomic E-state index is -1.79. The zero-order chi connectivity index (χ0) is 63.1. The van der Waals surface area contributed by atoms with Crippen molar-refractivity contribution in [3.63, 3.8) is 0 Å². The quantitative estimate of drug-likeness (QED) is 0.0293. The van der Waals surface area contributed by atoms with Crippen molar-refractivity contribution >= 4 is 76.9 Å². The van der Waals surface area contributed by atoms with Crippen molar-refractivity contribution in [2.45, 2.75) is 185 Å². The van der Waals surface area contributed by atoms with Gasteiger partial charge in [0.1, 0.15) is 30.8 Å². The highest BCUT2D eigenvalue weighted by Crippen LogP contribution is 2.13. The van der Waals surface area contributed by atoms with Gasteiger partial charge in [-0.25, -0.2) is 0 Å². The predicted molar refractivity (Wildman–Crippen MR) is 301 cm³/mol. The van der Waals surface area contributed by atoms with Gasteiger partial charge in [0, 0.05) is 32.4 Å². The van der Waals surface area contributed by atoms with Gasteiger partial charge in [-0.1, -0.05) is 84.0 Å². The fraction of sp³-hybridized carbons (Fsp3) is 0.759. The van der Waals surface area contributed by atoms with Gasteiger partial charge >= 0.3 is 17.9 Å². The number of carboxylic acid groups (broad SMARTS) is 3. The number of ketones is 1. The molecule has 0 saturated heterocycles. The van der Waals surface area contributed by atoms with Crippen molar-refractivity contribution < 1.29 is 97.3 Å². The fourth-order valence-electron chi connectivity index (χ4n) is 8.14. The highest BCUT2D eigenvalue weighted by atomic mass is 16.5. The van der Waals surface area contributed by atoms with Crippen LogP contribution in [0.1, 0.15) is 155 Å². The number of aliphatic hydroxyl groups excluding tert-OH is 2. The Balaban J connectivity index is 5.10. The van der Waals surface area contributed by atoms with E-state index in [0.717, 1.165) is 62.7 Å². The summed E-state index contributed by atoms with van der Waals surface area (Å²) in [4.78, 5) is 161. The Morgan fingerprint density at radius 2 is 0.893 bits per heavy atom. The minimum absolute atomic E-state index is 0.00833. The first kappa shape index (κ1) is 77.1. The number of hydrogen-bond donors (Lipinski definition) is 14. The molecule has 0 aromatic heterocycles. The van der Waals surface area contributed by atoms with E-state index < -0.39 is 154 Å². The Labute approximate surface area is 490 Å². The van der Waals surface area contributed by atoms with Gasteiger partial charge < -0.3 is 83.3 Å². The highest BCUT2D eigenvalue weighted by molar-refractivity contribution is 5.97. The molecule has 0 aliphatic rings. The van der Waals surface area contributed by atoms with Crippen LogP contribution in [0.5, 0.6) is 0 Å². The van der Waals surface area contributed by atoms with Gasteiger partial charge in [-0.2, -0.15) is 0 Å². The summed E-state index contributed by atoms with van der Waals surface area (Å²) in [6.45, 7) is -1.42. The third kappa shape index (κ3) is 42.0. The van der Waals surface area contributed by atoms with Crippen LogP contribution in [-0.2, 0) is 71.8 Å². The van der Waals surface area contributed by atoms with Crippen molar-refractivity contribution in [2.24, 2.45) is 5.73 Å². The number of carbonyl (C=O) groups excluding carboxylic acids is 10. The van der Waals surface area contributed by atoms with Crippen LogP contribution in [0.4, 0.5) is 0 Å². The van der Waals surface area contributed by atoms with E-state index in [9.17, 15) is 72.5 Å². The van der Waals surface area contributed by atoms with Crippen LogP contribution in [0.25, 0.3) is 0 Å². The number of primary amides is 1. The molecule has 0 spiro atoms. The number of ether oxygens (including phenoxy) is 2. The lowest BCUT2D eigenvalue weighted by Gasteiger charge is -2.26. The third-order valence-electron chi connectivity index (χ3n) is 12.7. The topological polar surface area (TPSA) is 467 Å². The summed E-state index contributed by atoms with van der Waals surface area (Å²) in [6, 6.07) is -7.47. The van der Waals surface area contributed by atoms with E-state index in [1.54, 1.807) is 0 Å². The lowest BCUT2D eigenvalue weighted by molar-refractivity contribution is -0.143. The summed E-state index contributed by atoms with van der Waals surface area (Å²) in [6.07, 6.45) is 14.0. The lowest BCUT2D eigenvalue weighted by Crippen LogP contribution is -2.60. The first-order chi connectivity index (χ1) is 40.0. The molecule has 0 heterocycles. The average Bonchev–Trinajstić information content (AvgIpc) is 3.62. The summed E-state index contributed by atoms with van der Waals surface area (Å²) < 4.78 is 10.7. The summed E-state index contributed by atoms with van der Waals surface area (Å²) >= 11 is 0. The van der Waals surface area contributed by atoms with Crippen molar-refractivity contribution in [2.75, 3.05) is 78.9 Å². The second-order valence-corrected chi connectivity index (χ2v) is 20.2. The molecular formula is C54H94N10O20. The first-order valence-electron chi connectivity index (χ1n) is 28.9. The molecule has 30 nitrogen and oxygen atoms in total. The highest BCUT2D eigenvalue weighted by Gasteiger charge is 2.32. The number of nitrogens with two attached hydrogens (primary N) is 1. The number of carboxylic acids is 3. The molecule has 9 amide bonds. The predicted octanol–water partition coefficient (Wildman–Crippen LogP) is -1.99. The van der Waals surface area contributed by atoms with E-state index in [1.165, 1.54) is 26.2 Å². The van der Waals surface area contributed by atoms with E-state index >= 15 is 0 Å². The molecule has 0 aliphatic heterocycles.